The summed E-state index contributed by atoms with van der Waals surface area (Å²) in [6.07, 6.45) is 4.79. The van der Waals surface area contributed by atoms with Crippen molar-refractivity contribution in [3.8, 4) is 0 Å². The first-order chi connectivity index (χ1) is 12.6. The van der Waals surface area contributed by atoms with Gasteiger partial charge < -0.3 is 16.0 Å². The highest BCUT2D eigenvalue weighted by atomic mass is 16.2. The molecular formula is C19H32N6O. The van der Waals surface area contributed by atoms with Gasteiger partial charge in [0.15, 0.2) is 5.96 Å². The minimum atomic E-state index is 0.126. The number of nitrogens with zero attached hydrogens (tertiary/aromatic N) is 3. The molecule has 1 aliphatic heterocycles. The molecule has 144 valence electrons. The number of aromatic nitrogens is 1. The maximum absolute atomic E-state index is 11.8. The van der Waals surface area contributed by atoms with Crippen LogP contribution in [0.2, 0.25) is 0 Å². The van der Waals surface area contributed by atoms with Gasteiger partial charge in [-0.2, -0.15) is 0 Å². The van der Waals surface area contributed by atoms with Crippen LogP contribution in [0.1, 0.15) is 37.4 Å². The lowest BCUT2D eigenvalue weighted by Gasteiger charge is -2.32. The summed E-state index contributed by atoms with van der Waals surface area (Å²) < 4.78 is 0. The van der Waals surface area contributed by atoms with Crippen molar-refractivity contribution >= 4 is 11.9 Å². The second-order valence-corrected chi connectivity index (χ2v) is 6.74. The molecule has 1 fully saturated rings. The van der Waals surface area contributed by atoms with Crippen LogP contribution in [0.15, 0.2) is 23.3 Å². The topological polar surface area (TPSA) is 81.7 Å². The van der Waals surface area contributed by atoms with Crippen molar-refractivity contribution < 1.29 is 4.79 Å². The van der Waals surface area contributed by atoms with Gasteiger partial charge >= 0.3 is 0 Å². The number of piperidine rings is 1. The Morgan fingerprint density at radius 2 is 2.12 bits per heavy atom. The molecule has 1 aromatic heterocycles. The molecule has 7 nitrogen and oxygen atoms in total. The summed E-state index contributed by atoms with van der Waals surface area (Å²) in [5, 5.41) is 9.76. The van der Waals surface area contributed by atoms with Crippen molar-refractivity contribution in [1.82, 2.24) is 25.8 Å². The van der Waals surface area contributed by atoms with Crippen LogP contribution >= 0.6 is 0 Å². The molecule has 26 heavy (non-hydrogen) atoms. The minimum Gasteiger partial charge on any atom is -0.355 e. The van der Waals surface area contributed by atoms with Crippen molar-refractivity contribution in [3.05, 3.63) is 29.6 Å². The molecule has 1 aliphatic rings. The lowest BCUT2D eigenvalue weighted by molar-refractivity contribution is -0.122. The van der Waals surface area contributed by atoms with E-state index in [1.807, 2.05) is 12.3 Å². The third-order valence-corrected chi connectivity index (χ3v) is 4.63. The lowest BCUT2D eigenvalue weighted by Crippen LogP contribution is -2.50. The standard InChI is InChI=1S/C19H32N6O/c1-4-9-22-18(26)14-25-11-7-16(8-12-25)24-19(20-3)23-13-17-15(2)6-5-10-21-17/h5-6,10,16H,4,7-9,11-14H2,1-3H3,(H,22,26)(H2,20,23,24). The maximum Gasteiger partial charge on any atom is 0.234 e. The molecule has 1 saturated heterocycles. The van der Waals surface area contributed by atoms with Crippen LogP contribution < -0.4 is 16.0 Å². The Morgan fingerprint density at radius 1 is 1.35 bits per heavy atom. The Balaban J connectivity index is 1.71. The number of amides is 1. The molecule has 2 rings (SSSR count). The summed E-state index contributed by atoms with van der Waals surface area (Å²) in [6, 6.07) is 4.38. The summed E-state index contributed by atoms with van der Waals surface area (Å²) >= 11 is 0. The molecule has 0 radical (unpaired) electrons. The number of carbonyl (C=O) groups excluding carboxylic acids is 1. The smallest absolute Gasteiger partial charge is 0.234 e. The summed E-state index contributed by atoms with van der Waals surface area (Å²) in [4.78, 5) is 22.8. The predicted octanol–water partition coefficient (Wildman–Crippen LogP) is 1.05. The SMILES string of the molecule is CCCNC(=O)CN1CCC(NC(=NC)NCc2ncccc2C)CC1. The van der Waals surface area contributed by atoms with Gasteiger partial charge in [0.2, 0.25) is 5.91 Å². The molecule has 0 bridgehead atoms. The lowest BCUT2D eigenvalue weighted by atomic mass is 10.1. The molecule has 0 unspecified atom stereocenters. The summed E-state index contributed by atoms with van der Waals surface area (Å²) in [7, 11) is 1.79. The molecule has 0 aliphatic carbocycles. The largest absolute Gasteiger partial charge is 0.355 e. The average Bonchev–Trinajstić information content (AvgIpc) is 2.66. The van der Waals surface area contributed by atoms with Crippen molar-refractivity contribution in [3.63, 3.8) is 0 Å². The molecule has 0 saturated carbocycles. The highest BCUT2D eigenvalue weighted by molar-refractivity contribution is 5.80. The zero-order valence-corrected chi connectivity index (χ0v) is 16.2. The Labute approximate surface area is 156 Å². The molecule has 0 spiro atoms. The number of rotatable bonds is 7. The van der Waals surface area contributed by atoms with E-state index in [2.05, 4.69) is 50.7 Å². The molecule has 7 heteroatoms. The van der Waals surface area contributed by atoms with Gasteiger partial charge in [0.25, 0.3) is 0 Å². The van der Waals surface area contributed by atoms with Gasteiger partial charge in [-0.15, -0.1) is 0 Å². The normalized spacial score (nSPS) is 16.3. The zero-order valence-electron chi connectivity index (χ0n) is 16.2. The molecule has 1 amide bonds. The second kappa shape index (κ2) is 10.8. The Morgan fingerprint density at radius 3 is 2.77 bits per heavy atom. The number of hydrogen-bond acceptors (Lipinski definition) is 4. The number of aliphatic imine (C=N–C) groups is 1. The Bertz CT molecular complexity index is 595. The number of aryl methyl sites for hydroxylation is 1. The van der Waals surface area contributed by atoms with Crippen molar-refractivity contribution in [2.45, 2.75) is 45.7 Å². The van der Waals surface area contributed by atoms with E-state index in [-0.39, 0.29) is 5.91 Å². The quantitative estimate of drug-likeness (QED) is 0.500. The highest BCUT2D eigenvalue weighted by Gasteiger charge is 2.21. The number of likely N-dealkylation sites (tertiary alicyclic amines) is 1. The fourth-order valence-corrected chi connectivity index (χ4v) is 3.02. The van der Waals surface area contributed by atoms with Gasteiger partial charge in [-0.3, -0.25) is 19.7 Å². The monoisotopic (exact) mass is 360 g/mol. The van der Waals surface area contributed by atoms with Gasteiger partial charge in [0.1, 0.15) is 0 Å². The van der Waals surface area contributed by atoms with E-state index in [0.717, 1.165) is 50.6 Å². The van der Waals surface area contributed by atoms with Crippen molar-refractivity contribution in [2.24, 2.45) is 4.99 Å². The summed E-state index contributed by atoms with van der Waals surface area (Å²) in [5.74, 6) is 0.927. The van der Waals surface area contributed by atoms with Crippen LogP contribution in [0.25, 0.3) is 0 Å². The van der Waals surface area contributed by atoms with E-state index in [1.54, 1.807) is 7.05 Å². The first-order valence-corrected chi connectivity index (χ1v) is 9.49. The number of nitrogens with one attached hydrogen (secondary N) is 3. The van der Waals surface area contributed by atoms with E-state index in [4.69, 9.17) is 0 Å². The van der Waals surface area contributed by atoms with Crippen LogP contribution in [0.4, 0.5) is 0 Å². The molecule has 0 atom stereocenters. The van der Waals surface area contributed by atoms with Crippen LogP contribution in [0, 0.1) is 6.92 Å². The summed E-state index contributed by atoms with van der Waals surface area (Å²) in [5.41, 5.74) is 2.20. The third kappa shape index (κ3) is 6.63. The number of hydrogen-bond donors (Lipinski definition) is 3. The van der Waals surface area contributed by atoms with E-state index in [1.165, 1.54) is 5.56 Å². The van der Waals surface area contributed by atoms with Crippen LogP contribution in [-0.4, -0.2) is 61.0 Å². The molecule has 1 aromatic rings. The van der Waals surface area contributed by atoms with Gasteiger partial charge in [0, 0.05) is 38.9 Å². The van der Waals surface area contributed by atoms with E-state index in [9.17, 15) is 4.79 Å². The van der Waals surface area contributed by atoms with E-state index >= 15 is 0 Å². The van der Waals surface area contributed by atoms with E-state index in [0.29, 0.717) is 19.1 Å². The zero-order chi connectivity index (χ0) is 18.8. The van der Waals surface area contributed by atoms with Crippen molar-refractivity contribution in [1.29, 1.82) is 0 Å². The predicted molar refractivity (Wildman–Crippen MR) is 105 cm³/mol. The highest BCUT2D eigenvalue weighted by Crippen LogP contribution is 2.10. The Hall–Kier alpha value is -2.15. The average molecular weight is 361 g/mol. The molecular weight excluding hydrogens is 328 g/mol. The van der Waals surface area contributed by atoms with Gasteiger partial charge in [-0.05, 0) is 37.8 Å². The molecule has 0 aromatic carbocycles. The second-order valence-electron chi connectivity index (χ2n) is 6.74. The fourth-order valence-electron chi connectivity index (χ4n) is 3.02. The van der Waals surface area contributed by atoms with Crippen LogP contribution in [0.5, 0.6) is 0 Å². The van der Waals surface area contributed by atoms with Crippen molar-refractivity contribution in [2.75, 3.05) is 33.2 Å². The van der Waals surface area contributed by atoms with Gasteiger partial charge in [-0.1, -0.05) is 13.0 Å². The Kier molecular flexibility index (Phi) is 8.34. The first kappa shape index (κ1) is 20.2. The molecule has 2 heterocycles. The summed E-state index contributed by atoms with van der Waals surface area (Å²) in [6.45, 7) is 7.89. The van der Waals surface area contributed by atoms with Gasteiger partial charge in [0.05, 0.1) is 18.8 Å². The number of pyridine rings is 1. The fraction of sp³-hybridized carbons (Fsp3) is 0.632. The minimum absolute atomic E-state index is 0.126. The van der Waals surface area contributed by atoms with Gasteiger partial charge in [-0.25, -0.2) is 0 Å². The number of carbonyl (C=O) groups is 1. The molecule has 3 N–H and O–H groups in total. The number of guanidine groups is 1. The third-order valence-electron chi connectivity index (χ3n) is 4.63. The maximum atomic E-state index is 11.8. The van der Waals surface area contributed by atoms with Crippen LogP contribution in [-0.2, 0) is 11.3 Å². The van der Waals surface area contributed by atoms with E-state index < -0.39 is 0 Å². The first-order valence-electron chi connectivity index (χ1n) is 9.49. The van der Waals surface area contributed by atoms with Crippen LogP contribution in [0.3, 0.4) is 0 Å².